The van der Waals surface area contributed by atoms with Crippen LogP contribution in [0.25, 0.3) is 0 Å². The third-order valence-corrected chi connectivity index (χ3v) is 2.20. The van der Waals surface area contributed by atoms with Crippen LogP contribution >= 0.6 is 0 Å². The predicted molar refractivity (Wildman–Crippen MR) is 51.1 cm³/mol. The molecular weight excluding hydrogens is 168 g/mol. The number of hydrogen-bond acceptors (Lipinski definition) is 1. The lowest BCUT2D eigenvalue weighted by Crippen LogP contribution is -1.93. The molecule has 0 aromatic rings. The van der Waals surface area contributed by atoms with E-state index in [1.54, 1.807) is 0 Å². The Morgan fingerprint density at radius 1 is 1.42 bits per heavy atom. The molecule has 0 rings (SSSR count). The second-order valence-electron chi connectivity index (χ2n) is 3.15. The van der Waals surface area contributed by atoms with Gasteiger partial charge >= 0.3 is 8.93 Å². The maximum atomic E-state index is 10.4. The second-order valence-corrected chi connectivity index (χ2v) is 4.11. The monoisotopic (exact) mass is 184 g/mol. The van der Waals surface area contributed by atoms with Crippen molar-refractivity contribution in [1.29, 1.82) is 0 Å². The van der Waals surface area contributed by atoms with Crippen LogP contribution in [0.2, 0.25) is 0 Å². The van der Waals surface area contributed by atoms with Crippen LogP contribution in [0.15, 0.2) is 22.9 Å². The van der Waals surface area contributed by atoms with Crippen LogP contribution in [0.3, 0.4) is 0 Å². The first-order valence-electron chi connectivity index (χ1n) is 4.06. The smallest absolute Gasteiger partial charge is 0.529 e. The predicted octanol–water partition coefficient (Wildman–Crippen LogP) is 2.13. The highest BCUT2D eigenvalue weighted by Gasteiger charge is 1.96. The molecule has 0 saturated carbocycles. The molecule has 0 aliphatic heterocycles. The van der Waals surface area contributed by atoms with Crippen molar-refractivity contribution >= 4 is 8.93 Å². The summed E-state index contributed by atoms with van der Waals surface area (Å²) in [6.07, 6.45) is 3.97. The van der Waals surface area contributed by atoms with E-state index >= 15 is 0 Å². The fourth-order valence-corrected chi connectivity index (χ4v) is 1.44. The van der Waals surface area contributed by atoms with Gasteiger partial charge in [-0.3, -0.25) is 0 Å². The van der Waals surface area contributed by atoms with Gasteiger partial charge in [-0.05, 0) is 39.3 Å². The maximum Gasteiger partial charge on any atom is 0.529 e. The Bertz CT molecular complexity index is 213. The summed E-state index contributed by atoms with van der Waals surface area (Å²) in [6, 6.07) is 0. The maximum absolute atomic E-state index is 10.4. The first-order chi connectivity index (χ1) is 5.52. The molecule has 1 N–H and O–H groups in total. The van der Waals surface area contributed by atoms with Gasteiger partial charge in [-0.25, -0.2) is 0 Å². The quantitative estimate of drug-likeness (QED) is 0.537. The van der Waals surface area contributed by atoms with E-state index in [0.29, 0.717) is 0 Å². The minimum Gasteiger partial charge on any atom is -0.537 e. The molecule has 0 aliphatic carbocycles. The molecule has 0 bridgehead atoms. The van der Waals surface area contributed by atoms with Crippen molar-refractivity contribution in [2.24, 2.45) is 0 Å². The topological polar surface area (TPSA) is 37.3 Å². The molecule has 0 radical (unpaired) electrons. The van der Waals surface area contributed by atoms with Crippen molar-refractivity contribution < 1.29 is 9.26 Å². The van der Waals surface area contributed by atoms with Gasteiger partial charge in [0, 0.05) is 0 Å². The van der Waals surface area contributed by atoms with Crippen molar-refractivity contribution in [3.8, 4) is 0 Å². The molecular formula is C9H16O2Si. The standard InChI is InChI=1S/C9H16O2Si/c1-8(2)5-4-6-9(3)7-12(10)11/h5,7,10H,4,6H2,1-3H3/b9-7-. The molecule has 0 amide bonds. The molecule has 0 heterocycles. The summed E-state index contributed by atoms with van der Waals surface area (Å²) in [5.74, 6) is 0. The highest BCUT2D eigenvalue weighted by molar-refractivity contribution is 6.40. The van der Waals surface area contributed by atoms with Crippen molar-refractivity contribution in [3.63, 3.8) is 0 Å². The summed E-state index contributed by atoms with van der Waals surface area (Å²) >= 11 is 0. The lowest BCUT2D eigenvalue weighted by atomic mass is 10.1. The molecule has 0 atom stereocenters. The van der Waals surface area contributed by atoms with Crippen LogP contribution in [0.5, 0.6) is 0 Å². The van der Waals surface area contributed by atoms with Crippen LogP contribution in [0.1, 0.15) is 33.6 Å². The summed E-state index contributed by atoms with van der Waals surface area (Å²) < 4.78 is 10.4. The van der Waals surface area contributed by atoms with Gasteiger partial charge in [-0.2, -0.15) is 0 Å². The van der Waals surface area contributed by atoms with E-state index in [0.717, 1.165) is 18.4 Å². The van der Waals surface area contributed by atoms with E-state index in [-0.39, 0.29) is 0 Å². The first kappa shape index (κ1) is 11.3. The Morgan fingerprint density at radius 2 is 2.00 bits per heavy atom. The Hall–Kier alpha value is -0.703. The molecule has 2 nitrogen and oxygen atoms in total. The zero-order chi connectivity index (χ0) is 9.56. The average Bonchev–Trinajstić information content (AvgIpc) is 1.84. The normalized spacial score (nSPS) is 11.1. The third-order valence-electron chi connectivity index (χ3n) is 1.46. The molecule has 0 aromatic heterocycles. The van der Waals surface area contributed by atoms with Gasteiger partial charge in [0.15, 0.2) is 0 Å². The molecule has 0 aliphatic rings. The van der Waals surface area contributed by atoms with E-state index in [1.807, 2.05) is 20.8 Å². The van der Waals surface area contributed by atoms with Crippen LogP contribution in [0.4, 0.5) is 0 Å². The fourth-order valence-electron chi connectivity index (χ4n) is 0.871. The summed E-state index contributed by atoms with van der Waals surface area (Å²) in [5.41, 5.74) is 3.74. The van der Waals surface area contributed by atoms with Gasteiger partial charge in [0.25, 0.3) is 0 Å². The number of hydrogen-bond donors (Lipinski definition) is 1. The van der Waals surface area contributed by atoms with Crippen LogP contribution in [-0.2, 0) is 4.46 Å². The summed E-state index contributed by atoms with van der Waals surface area (Å²) in [5, 5.41) is 0. The minimum atomic E-state index is -2.42. The van der Waals surface area contributed by atoms with Crippen molar-refractivity contribution in [2.75, 3.05) is 0 Å². The molecule has 0 aromatic carbocycles. The van der Waals surface area contributed by atoms with E-state index in [9.17, 15) is 4.46 Å². The van der Waals surface area contributed by atoms with Gasteiger partial charge in [-0.15, -0.1) is 0 Å². The largest absolute Gasteiger partial charge is 0.537 e. The van der Waals surface area contributed by atoms with E-state index in [2.05, 4.69) is 6.08 Å². The highest BCUT2D eigenvalue weighted by Crippen LogP contribution is 2.05. The van der Waals surface area contributed by atoms with Gasteiger partial charge < -0.3 is 9.26 Å². The molecule has 68 valence electrons. The lowest BCUT2D eigenvalue weighted by Gasteiger charge is -1.95. The van der Waals surface area contributed by atoms with E-state index in [4.69, 9.17) is 4.80 Å². The average molecular weight is 184 g/mol. The van der Waals surface area contributed by atoms with E-state index in [1.165, 1.54) is 11.3 Å². The third kappa shape index (κ3) is 7.40. The van der Waals surface area contributed by atoms with Crippen molar-refractivity contribution in [2.45, 2.75) is 33.6 Å². The van der Waals surface area contributed by atoms with Gasteiger partial charge in [0.2, 0.25) is 0 Å². The minimum absolute atomic E-state index is 0.877. The molecule has 0 saturated heterocycles. The number of allylic oxidation sites excluding steroid dienone is 3. The van der Waals surface area contributed by atoms with E-state index < -0.39 is 8.93 Å². The van der Waals surface area contributed by atoms with Crippen molar-refractivity contribution in [3.05, 3.63) is 22.9 Å². The lowest BCUT2D eigenvalue weighted by molar-refractivity contribution is 0.460. The highest BCUT2D eigenvalue weighted by atomic mass is 28.3. The van der Waals surface area contributed by atoms with Gasteiger partial charge in [0.05, 0.1) is 0 Å². The SMILES string of the molecule is CC(C)=CCC/C(C)=C\[Si](=O)O. The fraction of sp³-hybridized carbons (Fsp3) is 0.556. The zero-order valence-electron chi connectivity index (χ0n) is 7.92. The zero-order valence-corrected chi connectivity index (χ0v) is 8.92. The Morgan fingerprint density at radius 3 is 2.42 bits per heavy atom. The molecule has 3 heteroatoms. The van der Waals surface area contributed by atoms with Gasteiger partial charge in [-0.1, -0.05) is 17.2 Å². The Labute approximate surface area is 75.4 Å². The molecule has 0 spiro atoms. The van der Waals surface area contributed by atoms with Gasteiger partial charge in [0.1, 0.15) is 0 Å². The molecule has 0 unspecified atom stereocenters. The number of rotatable bonds is 4. The Kier molecular flexibility index (Phi) is 5.54. The second kappa shape index (κ2) is 5.89. The summed E-state index contributed by atoms with van der Waals surface area (Å²) in [6.45, 7) is 5.99. The Balaban J connectivity index is 3.79. The van der Waals surface area contributed by atoms with Crippen molar-refractivity contribution in [1.82, 2.24) is 0 Å². The van der Waals surface area contributed by atoms with Crippen LogP contribution in [0, 0.1) is 0 Å². The van der Waals surface area contributed by atoms with Crippen LogP contribution in [-0.4, -0.2) is 13.7 Å². The molecule has 12 heavy (non-hydrogen) atoms. The molecule has 0 fully saturated rings. The van der Waals surface area contributed by atoms with Crippen LogP contribution < -0.4 is 0 Å². The first-order valence-corrected chi connectivity index (χ1v) is 5.49. The summed E-state index contributed by atoms with van der Waals surface area (Å²) in [7, 11) is -2.42. The summed E-state index contributed by atoms with van der Waals surface area (Å²) in [4.78, 5) is 8.59.